The summed E-state index contributed by atoms with van der Waals surface area (Å²) in [6.07, 6.45) is 3.67. The van der Waals surface area contributed by atoms with Gasteiger partial charge in [0.05, 0.1) is 12.8 Å². The smallest absolute Gasteiger partial charge is 0.357 e. The molecule has 0 N–H and O–H groups in total. The van der Waals surface area contributed by atoms with Gasteiger partial charge in [-0.2, -0.15) is 0 Å². The maximum absolute atomic E-state index is 11.6. The van der Waals surface area contributed by atoms with Crippen molar-refractivity contribution in [2.75, 3.05) is 6.61 Å². The van der Waals surface area contributed by atoms with E-state index in [9.17, 15) is 4.79 Å². The van der Waals surface area contributed by atoms with Crippen LogP contribution >= 0.6 is 11.3 Å². The fourth-order valence-electron chi connectivity index (χ4n) is 1.78. The van der Waals surface area contributed by atoms with Gasteiger partial charge in [0.15, 0.2) is 5.69 Å². The quantitative estimate of drug-likeness (QED) is 0.688. The van der Waals surface area contributed by atoms with Gasteiger partial charge >= 0.3 is 5.97 Å². The molecule has 3 aromatic heterocycles. The predicted molar refractivity (Wildman–Crippen MR) is 72.3 cm³/mol. The molecule has 3 aromatic rings. The van der Waals surface area contributed by atoms with Crippen molar-refractivity contribution in [3.05, 3.63) is 41.7 Å². The molecule has 0 saturated heterocycles. The van der Waals surface area contributed by atoms with Gasteiger partial charge in [-0.15, -0.1) is 11.3 Å². The SMILES string of the molecule is CCOC(=O)c1csc(-c2cnc3ccccn23)n1. The monoisotopic (exact) mass is 273 g/mol. The minimum Gasteiger partial charge on any atom is -0.461 e. The summed E-state index contributed by atoms with van der Waals surface area (Å²) < 4.78 is 6.87. The molecule has 0 aliphatic carbocycles. The van der Waals surface area contributed by atoms with Crippen LogP contribution in [0, 0.1) is 0 Å². The third kappa shape index (κ3) is 2.10. The van der Waals surface area contributed by atoms with Gasteiger partial charge in [-0.1, -0.05) is 6.07 Å². The van der Waals surface area contributed by atoms with Crippen molar-refractivity contribution in [1.29, 1.82) is 0 Å². The molecule has 0 aliphatic rings. The maximum Gasteiger partial charge on any atom is 0.357 e. The zero-order valence-corrected chi connectivity index (χ0v) is 11.1. The first-order chi connectivity index (χ1) is 9.29. The van der Waals surface area contributed by atoms with Crippen molar-refractivity contribution in [2.24, 2.45) is 0 Å². The number of thiazole rings is 1. The minimum absolute atomic E-state index is 0.340. The highest BCUT2D eigenvalue weighted by molar-refractivity contribution is 7.13. The van der Waals surface area contributed by atoms with Crippen molar-refractivity contribution in [2.45, 2.75) is 6.92 Å². The second-order valence-electron chi connectivity index (χ2n) is 3.83. The topological polar surface area (TPSA) is 56.5 Å². The molecule has 0 radical (unpaired) electrons. The maximum atomic E-state index is 11.6. The molecular weight excluding hydrogens is 262 g/mol. The lowest BCUT2D eigenvalue weighted by molar-refractivity contribution is 0.0520. The van der Waals surface area contributed by atoms with E-state index in [0.717, 1.165) is 16.3 Å². The lowest BCUT2D eigenvalue weighted by atomic mass is 10.4. The van der Waals surface area contributed by atoms with Gasteiger partial charge < -0.3 is 4.74 Å². The van der Waals surface area contributed by atoms with Crippen LogP contribution in [0.1, 0.15) is 17.4 Å². The van der Waals surface area contributed by atoms with E-state index in [2.05, 4.69) is 9.97 Å². The number of hydrogen-bond donors (Lipinski definition) is 0. The van der Waals surface area contributed by atoms with E-state index in [1.807, 2.05) is 28.8 Å². The van der Waals surface area contributed by atoms with Crippen LogP contribution in [0.25, 0.3) is 16.3 Å². The van der Waals surface area contributed by atoms with Crippen LogP contribution in [0.3, 0.4) is 0 Å². The van der Waals surface area contributed by atoms with Gasteiger partial charge in [0.1, 0.15) is 16.3 Å². The van der Waals surface area contributed by atoms with Gasteiger partial charge in [0, 0.05) is 11.6 Å². The van der Waals surface area contributed by atoms with E-state index in [1.54, 1.807) is 18.5 Å². The summed E-state index contributed by atoms with van der Waals surface area (Å²) in [7, 11) is 0. The zero-order chi connectivity index (χ0) is 13.2. The number of pyridine rings is 1. The van der Waals surface area contributed by atoms with Crippen molar-refractivity contribution < 1.29 is 9.53 Å². The number of nitrogens with zero attached hydrogens (tertiary/aromatic N) is 3. The van der Waals surface area contributed by atoms with Crippen LogP contribution in [-0.2, 0) is 4.74 Å². The largest absolute Gasteiger partial charge is 0.461 e. The number of ether oxygens (including phenoxy) is 1. The number of rotatable bonds is 3. The van der Waals surface area contributed by atoms with E-state index in [0.29, 0.717) is 12.3 Å². The van der Waals surface area contributed by atoms with Crippen LogP contribution in [0.15, 0.2) is 36.0 Å². The predicted octanol–water partition coefficient (Wildman–Crippen LogP) is 2.63. The molecule has 0 bridgehead atoms. The Morgan fingerprint density at radius 1 is 1.47 bits per heavy atom. The van der Waals surface area contributed by atoms with Gasteiger partial charge in [-0.25, -0.2) is 14.8 Å². The van der Waals surface area contributed by atoms with Gasteiger partial charge in [0.2, 0.25) is 0 Å². The molecule has 0 unspecified atom stereocenters. The molecule has 0 spiro atoms. The molecule has 19 heavy (non-hydrogen) atoms. The van der Waals surface area contributed by atoms with Crippen molar-refractivity contribution in [1.82, 2.24) is 14.4 Å². The number of esters is 1. The zero-order valence-electron chi connectivity index (χ0n) is 10.2. The summed E-state index contributed by atoms with van der Waals surface area (Å²) in [6.45, 7) is 2.12. The lowest BCUT2D eigenvalue weighted by Crippen LogP contribution is -2.04. The van der Waals surface area contributed by atoms with Crippen LogP contribution < -0.4 is 0 Å². The average Bonchev–Trinajstić information content (AvgIpc) is 3.05. The number of carbonyl (C=O) groups is 1. The molecule has 6 heteroatoms. The summed E-state index contributed by atoms with van der Waals surface area (Å²) in [5, 5.41) is 2.46. The molecule has 0 aliphatic heterocycles. The first-order valence-electron chi connectivity index (χ1n) is 5.84. The number of hydrogen-bond acceptors (Lipinski definition) is 5. The van der Waals surface area contributed by atoms with Gasteiger partial charge in [-0.05, 0) is 19.1 Å². The van der Waals surface area contributed by atoms with Crippen LogP contribution in [-0.4, -0.2) is 26.9 Å². The normalized spacial score (nSPS) is 10.8. The van der Waals surface area contributed by atoms with E-state index < -0.39 is 0 Å². The highest BCUT2D eigenvalue weighted by Crippen LogP contribution is 2.24. The number of aromatic nitrogens is 3. The number of carbonyl (C=O) groups excluding carboxylic acids is 1. The van der Waals surface area contributed by atoms with Crippen LogP contribution in [0.5, 0.6) is 0 Å². The Hall–Kier alpha value is -2.21. The summed E-state index contributed by atoms with van der Waals surface area (Å²) in [4.78, 5) is 20.2. The minimum atomic E-state index is -0.390. The third-order valence-electron chi connectivity index (χ3n) is 2.62. The number of fused-ring (bicyclic) bond motifs is 1. The molecule has 0 saturated carbocycles. The van der Waals surface area contributed by atoms with Gasteiger partial charge in [-0.3, -0.25) is 4.40 Å². The first kappa shape index (κ1) is 11.9. The highest BCUT2D eigenvalue weighted by atomic mass is 32.1. The Labute approximate surface area is 113 Å². The molecule has 5 nitrogen and oxygen atoms in total. The molecule has 96 valence electrons. The molecule has 0 amide bonds. The first-order valence-corrected chi connectivity index (χ1v) is 6.72. The fraction of sp³-hybridized carbons (Fsp3) is 0.154. The van der Waals surface area contributed by atoms with Crippen molar-refractivity contribution >= 4 is 23.0 Å². The Morgan fingerprint density at radius 3 is 3.21 bits per heavy atom. The lowest BCUT2D eigenvalue weighted by Gasteiger charge is -1.97. The summed E-state index contributed by atoms with van der Waals surface area (Å²) in [5.74, 6) is -0.390. The van der Waals surface area contributed by atoms with Gasteiger partial charge in [0.25, 0.3) is 0 Å². The second-order valence-corrected chi connectivity index (χ2v) is 4.69. The Kier molecular flexibility index (Phi) is 3.00. The molecule has 3 heterocycles. The number of imidazole rings is 1. The van der Waals surface area contributed by atoms with E-state index in [4.69, 9.17) is 4.74 Å². The van der Waals surface area contributed by atoms with Crippen molar-refractivity contribution in [3.8, 4) is 10.7 Å². The Balaban J connectivity index is 2.01. The summed E-state index contributed by atoms with van der Waals surface area (Å²) in [6, 6.07) is 5.78. The second kappa shape index (κ2) is 4.81. The standard InChI is InChI=1S/C13H11N3O2S/c1-2-18-13(17)9-8-19-12(15-9)10-7-14-11-5-3-4-6-16(10)11/h3-8H,2H2,1H3. The van der Waals surface area contributed by atoms with E-state index >= 15 is 0 Å². The molecule has 3 rings (SSSR count). The molecule has 0 atom stereocenters. The summed E-state index contributed by atoms with van der Waals surface area (Å²) >= 11 is 1.40. The molecule has 0 aromatic carbocycles. The van der Waals surface area contributed by atoms with E-state index in [-0.39, 0.29) is 5.97 Å². The Bertz CT molecular complexity index is 732. The Morgan fingerprint density at radius 2 is 2.37 bits per heavy atom. The van der Waals surface area contributed by atoms with Crippen molar-refractivity contribution in [3.63, 3.8) is 0 Å². The average molecular weight is 273 g/mol. The molecule has 0 fully saturated rings. The van der Waals surface area contributed by atoms with E-state index in [1.165, 1.54) is 11.3 Å². The highest BCUT2D eigenvalue weighted by Gasteiger charge is 2.14. The summed E-state index contributed by atoms with van der Waals surface area (Å²) in [5.41, 5.74) is 2.06. The third-order valence-corrected chi connectivity index (χ3v) is 3.49. The van der Waals surface area contributed by atoms with Crippen LogP contribution in [0.2, 0.25) is 0 Å². The molecular formula is C13H11N3O2S. The fourth-order valence-corrected chi connectivity index (χ4v) is 2.58. The van der Waals surface area contributed by atoms with Crippen LogP contribution in [0.4, 0.5) is 0 Å².